The molecular weight excluding hydrogens is 271 g/mol. The van der Waals surface area contributed by atoms with Crippen molar-refractivity contribution in [3.63, 3.8) is 0 Å². The zero-order valence-corrected chi connectivity index (χ0v) is 11.5. The van der Waals surface area contributed by atoms with Gasteiger partial charge in [-0.05, 0) is 31.2 Å². The maximum absolute atomic E-state index is 12.7. The molecule has 1 unspecified atom stereocenters. The summed E-state index contributed by atoms with van der Waals surface area (Å²) in [4.78, 5) is 16.2. The number of nitrogens with one attached hydrogen (secondary N) is 1. The van der Waals surface area contributed by atoms with Crippen LogP contribution in [0.15, 0.2) is 29.3 Å². The summed E-state index contributed by atoms with van der Waals surface area (Å²) in [6.45, 7) is 2.67. The van der Waals surface area contributed by atoms with Crippen LogP contribution in [0.5, 0.6) is 0 Å². The molecule has 1 aromatic carbocycles. The molecule has 96 valence electrons. The van der Waals surface area contributed by atoms with Gasteiger partial charge in [0.25, 0.3) is 0 Å². The maximum Gasteiger partial charge on any atom is 0.237 e. The molecule has 2 rings (SSSR count). The van der Waals surface area contributed by atoms with Crippen molar-refractivity contribution in [3.05, 3.63) is 30.1 Å². The summed E-state index contributed by atoms with van der Waals surface area (Å²) in [5.41, 5.74) is 0.606. The van der Waals surface area contributed by atoms with Crippen LogP contribution in [0.3, 0.4) is 0 Å². The summed E-state index contributed by atoms with van der Waals surface area (Å²) < 4.78 is 13.7. The second-order valence-corrected chi connectivity index (χ2v) is 6.42. The smallest absolute Gasteiger partial charge is 0.237 e. The van der Waals surface area contributed by atoms with Crippen molar-refractivity contribution in [1.82, 2.24) is 0 Å². The number of anilines is 1. The first-order valence-electron chi connectivity index (χ1n) is 5.55. The number of hydrogen-bond acceptors (Lipinski definition) is 4. The maximum atomic E-state index is 12.7. The van der Waals surface area contributed by atoms with Crippen LogP contribution in [0.2, 0.25) is 0 Å². The monoisotopic (exact) mass is 284 g/mol. The molecule has 1 N–H and O–H groups in total. The molecule has 1 aromatic rings. The number of benzene rings is 1. The van der Waals surface area contributed by atoms with E-state index in [1.807, 2.05) is 6.92 Å². The third-order valence-electron chi connectivity index (χ3n) is 2.32. The van der Waals surface area contributed by atoms with Gasteiger partial charge >= 0.3 is 0 Å². The highest BCUT2D eigenvalue weighted by Crippen LogP contribution is 2.26. The van der Waals surface area contributed by atoms with E-state index in [0.717, 1.165) is 16.7 Å². The van der Waals surface area contributed by atoms with Gasteiger partial charge in [-0.1, -0.05) is 23.5 Å². The van der Waals surface area contributed by atoms with Crippen molar-refractivity contribution in [1.29, 1.82) is 0 Å². The average Bonchev–Trinajstić information content (AvgIpc) is 2.85. The van der Waals surface area contributed by atoms with Gasteiger partial charge in [-0.3, -0.25) is 9.79 Å². The highest BCUT2D eigenvalue weighted by molar-refractivity contribution is 8.39. The first-order chi connectivity index (χ1) is 8.65. The van der Waals surface area contributed by atoms with E-state index in [-0.39, 0.29) is 17.0 Å². The molecule has 3 nitrogen and oxygen atoms in total. The molecule has 1 amide bonds. The van der Waals surface area contributed by atoms with Gasteiger partial charge in [0.1, 0.15) is 10.2 Å². The van der Waals surface area contributed by atoms with Crippen LogP contribution in [0.1, 0.15) is 6.92 Å². The van der Waals surface area contributed by atoms with Gasteiger partial charge in [0.2, 0.25) is 5.91 Å². The molecule has 0 spiro atoms. The fourth-order valence-corrected chi connectivity index (χ4v) is 3.50. The summed E-state index contributed by atoms with van der Waals surface area (Å²) in [6.07, 6.45) is 0. The van der Waals surface area contributed by atoms with Crippen molar-refractivity contribution >= 4 is 39.5 Å². The zero-order valence-electron chi connectivity index (χ0n) is 9.85. The molecule has 1 heterocycles. The highest BCUT2D eigenvalue weighted by atomic mass is 32.2. The normalized spacial score (nSPS) is 16.2. The summed E-state index contributed by atoms with van der Waals surface area (Å²) in [6, 6.07) is 5.74. The first kappa shape index (κ1) is 13.4. The van der Waals surface area contributed by atoms with E-state index in [1.54, 1.807) is 23.9 Å². The first-order valence-corrected chi connectivity index (χ1v) is 7.42. The van der Waals surface area contributed by atoms with E-state index in [9.17, 15) is 9.18 Å². The largest absolute Gasteiger partial charge is 0.325 e. The van der Waals surface area contributed by atoms with Crippen LogP contribution in [0.25, 0.3) is 0 Å². The molecule has 1 aliphatic rings. The molecule has 18 heavy (non-hydrogen) atoms. The lowest BCUT2D eigenvalue weighted by Crippen LogP contribution is -2.23. The third-order valence-corrected chi connectivity index (χ3v) is 4.62. The molecule has 0 saturated heterocycles. The number of nitrogens with zero attached hydrogens (tertiary/aromatic N) is 1. The van der Waals surface area contributed by atoms with Gasteiger partial charge < -0.3 is 5.32 Å². The van der Waals surface area contributed by atoms with Crippen molar-refractivity contribution in [2.24, 2.45) is 4.99 Å². The Kier molecular flexibility index (Phi) is 4.66. The van der Waals surface area contributed by atoms with E-state index in [2.05, 4.69) is 10.3 Å². The summed E-state index contributed by atoms with van der Waals surface area (Å²) in [5.74, 6) is 0.586. The molecule has 0 aliphatic carbocycles. The summed E-state index contributed by atoms with van der Waals surface area (Å²) >= 11 is 3.14. The Morgan fingerprint density at radius 1 is 1.50 bits per heavy atom. The van der Waals surface area contributed by atoms with E-state index >= 15 is 0 Å². The quantitative estimate of drug-likeness (QED) is 0.927. The molecule has 6 heteroatoms. The standard InChI is InChI=1S/C12H13FN2OS2/c1-8(18-12-14-6-7-17-12)11(16)15-10-4-2-9(13)3-5-10/h2-5,8H,6-7H2,1H3,(H,15,16). The number of carbonyl (C=O) groups is 1. The van der Waals surface area contributed by atoms with E-state index < -0.39 is 0 Å². The number of rotatable bonds is 3. The van der Waals surface area contributed by atoms with Crippen molar-refractivity contribution in [3.8, 4) is 0 Å². The van der Waals surface area contributed by atoms with Crippen molar-refractivity contribution in [2.75, 3.05) is 17.6 Å². The Labute approximate surface area is 114 Å². The SMILES string of the molecule is CC(SC1=NCCS1)C(=O)Nc1ccc(F)cc1. The molecular formula is C12H13FN2OS2. The lowest BCUT2D eigenvalue weighted by molar-refractivity contribution is -0.115. The van der Waals surface area contributed by atoms with Crippen LogP contribution in [0, 0.1) is 5.82 Å². The van der Waals surface area contributed by atoms with Gasteiger partial charge in [-0.25, -0.2) is 4.39 Å². The number of halogens is 1. The third kappa shape index (κ3) is 3.74. The second-order valence-electron chi connectivity index (χ2n) is 3.75. The van der Waals surface area contributed by atoms with E-state index in [1.165, 1.54) is 23.9 Å². The fourth-order valence-electron chi connectivity index (χ4n) is 1.37. The molecule has 0 bridgehead atoms. The Hall–Kier alpha value is -1.01. The molecule has 1 aliphatic heterocycles. The minimum atomic E-state index is -0.313. The number of hydrogen-bond donors (Lipinski definition) is 1. The van der Waals surface area contributed by atoms with Gasteiger partial charge in [0.05, 0.1) is 11.8 Å². The van der Waals surface area contributed by atoms with Crippen molar-refractivity contribution < 1.29 is 9.18 Å². The van der Waals surface area contributed by atoms with Crippen LogP contribution >= 0.6 is 23.5 Å². The summed E-state index contributed by atoms with van der Waals surface area (Å²) in [5, 5.41) is 2.54. The predicted molar refractivity (Wildman–Crippen MR) is 76.8 cm³/mol. The molecule has 0 radical (unpaired) electrons. The Morgan fingerprint density at radius 3 is 2.83 bits per heavy atom. The molecule has 0 fully saturated rings. The highest BCUT2D eigenvalue weighted by Gasteiger charge is 2.18. The van der Waals surface area contributed by atoms with E-state index in [0.29, 0.717) is 5.69 Å². The number of aliphatic imine (C=N–C) groups is 1. The fraction of sp³-hybridized carbons (Fsp3) is 0.333. The Morgan fingerprint density at radius 2 is 2.22 bits per heavy atom. The topological polar surface area (TPSA) is 41.5 Å². The molecule has 1 atom stereocenters. The minimum Gasteiger partial charge on any atom is -0.325 e. The van der Waals surface area contributed by atoms with Gasteiger partial charge in [0.15, 0.2) is 0 Å². The van der Waals surface area contributed by atoms with Crippen LogP contribution in [-0.2, 0) is 4.79 Å². The van der Waals surface area contributed by atoms with Gasteiger partial charge in [-0.15, -0.1) is 0 Å². The van der Waals surface area contributed by atoms with Crippen LogP contribution < -0.4 is 5.32 Å². The molecule has 0 saturated carbocycles. The molecule has 0 aromatic heterocycles. The number of carbonyl (C=O) groups excluding carboxylic acids is 1. The van der Waals surface area contributed by atoms with E-state index in [4.69, 9.17) is 0 Å². The zero-order chi connectivity index (χ0) is 13.0. The van der Waals surface area contributed by atoms with Crippen molar-refractivity contribution in [2.45, 2.75) is 12.2 Å². The predicted octanol–water partition coefficient (Wildman–Crippen LogP) is 2.99. The lowest BCUT2D eigenvalue weighted by Gasteiger charge is -2.11. The van der Waals surface area contributed by atoms with Gasteiger partial charge in [-0.2, -0.15) is 0 Å². The number of thioether (sulfide) groups is 2. The number of amides is 1. The minimum absolute atomic E-state index is 0.0955. The Balaban J connectivity index is 1.88. The van der Waals surface area contributed by atoms with Crippen LogP contribution in [-0.4, -0.2) is 27.8 Å². The second kappa shape index (κ2) is 6.24. The Bertz CT molecular complexity index is 462. The van der Waals surface area contributed by atoms with Gasteiger partial charge in [0, 0.05) is 11.4 Å². The summed E-state index contributed by atoms with van der Waals surface area (Å²) in [7, 11) is 0. The average molecular weight is 284 g/mol. The van der Waals surface area contributed by atoms with Crippen LogP contribution in [0.4, 0.5) is 10.1 Å². The lowest BCUT2D eigenvalue weighted by atomic mass is 10.3.